The lowest BCUT2D eigenvalue weighted by Crippen LogP contribution is -1.94. The molecule has 6 nitrogen and oxygen atoms in total. The molecule has 0 radical (unpaired) electrons. The second-order valence-electron chi connectivity index (χ2n) is 5.68. The van der Waals surface area contributed by atoms with Crippen molar-refractivity contribution in [3.8, 4) is 11.6 Å². The monoisotopic (exact) mass is 459 g/mol. The van der Waals surface area contributed by atoms with Gasteiger partial charge in [-0.05, 0) is 48.6 Å². The van der Waals surface area contributed by atoms with Crippen molar-refractivity contribution < 1.29 is 10.0 Å². The zero-order valence-electron chi connectivity index (χ0n) is 13.5. The van der Waals surface area contributed by atoms with E-state index in [0.29, 0.717) is 14.5 Å². The Labute approximate surface area is 171 Å². The molecule has 9 heteroatoms. The summed E-state index contributed by atoms with van der Waals surface area (Å²) in [4.78, 5) is 15.3. The maximum absolute atomic E-state index is 10.8. The number of allylic oxidation sites excluding steroid dienone is 1. The van der Waals surface area contributed by atoms with Gasteiger partial charge in [-0.2, -0.15) is 0 Å². The second kappa shape index (κ2) is 6.84. The number of nitrogens with zero attached hydrogens (tertiary/aromatic N) is 3. The Morgan fingerprint density at radius 3 is 2.70 bits per heavy atom. The molecule has 0 fully saturated rings. The molecule has 0 atom stereocenters. The molecule has 1 aliphatic rings. The Kier molecular flexibility index (Phi) is 4.50. The lowest BCUT2D eigenvalue weighted by atomic mass is 10.1. The summed E-state index contributed by atoms with van der Waals surface area (Å²) >= 11 is 10.1. The number of halogens is 1. The maximum atomic E-state index is 10.8. The predicted molar refractivity (Wildman–Crippen MR) is 113 cm³/mol. The maximum Gasteiger partial charge on any atom is 0.269 e. The van der Waals surface area contributed by atoms with Gasteiger partial charge < -0.3 is 5.11 Å². The van der Waals surface area contributed by atoms with E-state index in [1.165, 1.54) is 28.0 Å². The smallest absolute Gasteiger partial charge is 0.269 e. The molecule has 4 rings (SSSR count). The highest BCUT2D eigenvalue weighted by atomic mass is 79.9. The van der Waals surface area contributed by atoms with Crippen molar-refractivity contribution in [3.05, 3.63) is 71.4 Å². The lowest BCUT2D eigenvalue weighted by Gasteiger charge is -2.04. The van der Waals surface area contributed by atoms with E-state index in [2.05, 4.69) is 20.9 Å². The Morgan fingerprint density at radius 2 is 2.00 bits per heavy atom. The number of thiazole rings is 1. The van der Waals surface area contributed by atoms with Crippen LogP contribution in [0.2, 0.25) is 0 Å². The summed E-state index contributed by atoms with van der Waals surface area (Å²) in [6.07, 6.45) is 3.58. The van der Waals surface area contributed by atoms with E-state index in [4.69, 9.17) is 12.2 Å². The van der Waals surface area contributed by atoms with Crippen molar-refractivity contribution in [3.63, 3.8) is 0 Å². The molecule has 2 heterocycles. The fraction of sp³-hybridized carbons (Fsp3) is 0. The molecule has 1 N–H and O–H groups in total. The van der Waals surface area contributed by atoms with Crippen molar-refractivity contribution in [1.29, 1.82) is 0 Å². The van der Waals surface area contributed by atoms with Gasteiger partial charge in [-0.25, -0.2) is 0 Å². The number of aliphatic imine (C=N–C) groups is 1. The molecule has 0 unspecified atom stereocenters. The summed E-state index contributed by atoms with van der Waals surface area (Å²) < 4.78 is 2.87. The van der Waals surface area contributed by atoms with Gasteiger partial charge in [-0.15, -0.1) is 11.3 Å². The molecule has 134 valence electrons. The van der Waals surface area contributed by atoms with Crippen LogP contribution in [0.1, 0.15) is 10.4 Å². The van der Waals surface area contributed by atoms with Gasteiger partial charge in [-0.1, -0.05) is 15.9 Å². The highest BCUT2D eigenvalue weighted by molar-refractivity contribution is 9.10. The Bertz CT molecular complexity index is 1190. The van der Waals surface area contributed by atoms with Crippen LogP contribution < -0.4 is 0 Å². The van der Waals surface area contributed by atoms with E-state index in [-0.39, 0.29) is 11.6 Å². The SMILES string of the molecule is O=[N+]([O-])c1ccc(-n2c(O)c(/C=C3/C=Nc4ccc(Br)cc43)sc2=S)cc1. The van der Waals surface area contributed by atoms with Crippen molar-refractivity contribution >= 4 is 68.7 Å². The average molecular weight is 460 g/mol. The predicted octanol–water partition coefficient (Wildman–Crippen LogP) is 5.90. The molecule has 0 aliphatic carbocycles. The van der Waals surface area contributed by atoms with Gasteiger partial charge in [0.15, 0.2) is 3.95 Å². The molecular formula is C18H10BrN3O3S2. The number of hydrogen-bond donors (Lipinski definition) is 1. The van der Waals surface area contributed by atoms with Gasteiger partial charge in [0.2, 0.25) is 5.88 Å². The number of nitro groups is 1. The number of fused-ring (bicyclic) bond motifs is 1. The first-order valence-electron chi connectivity index (χ1n) is 7.69. The number of non-ortho nitro benzene ring substituents is 1. The summed E-state index contributed by atoms with van der Waals surface area (Å²) in [5.74, 6) is -0.0109. The molecular weight excluding hydrogens is 450 g/mol. The van der Waals surface area contributed by atoms with Gasteiger partial charge in [0, 0.05) is 34.0 Å². The van der Waals surface area contributed by atoms with Crippen molar-refractivity contribution in [1.82, 2.24) is 4.57 Å². The quantitative estimate of drug-likeness (QED) is 0.300. The minimum Gasteiger partial charge on any atom is -0.493 e. The first-order chi connectivity index (χ1) is 12.9. The van der Waals surface area contributed by atoms with E-state index in [1.807, 2.05) is 24.3 Å². The van der Waals surface area contributed by atoms with Gasteiger partial charge >= 0.3 is 0 Å². The molecule has 1 aliphatic heterocycles. The molecule has 0 saturated heterocycles. The molecule has 0 spiro atoms. The van der Waals surface area contributed by atoms with Gasteiger partial charge in [-0.3, -0.25) is 19.7 Å². The van der Waals surface area contributed by atoms with E-state index < -0.39 is 4.92 Å². The van der Waals surface area contributed by atoms with Crippen LogP contribution in [0.25, 0.3) is 17.3 Å². The lowest BCUT2D eigenvalue weighted by molar-refractivity contribution is -0.384. The normalized spacial score (nSPS) is 13.9. The molecule has 0 bridgehead atoms. The van der Waals surface area contributed by atoms with Crippen LogP contribution in [0.15, 0.2) is 51.9 Å². The third kappa shape index (κ3) is 3.25. The average Bonchev–Trinajstić information content (AvgIpc) is 3.16. The van der Waals surface area contributed by atoms with Crippen LogP contribution in [0.4, 0.5) is 11.4 Å². The summed E-state index contributed by atoms with van der Waals surface area (Å²) in [6, 6.07) is 11.7. The summed E-state index contributed by atoms with van der Waals surface area (Å²) in [7, 11) is 0. The van der Waals surface area contributed by atoms with Crippen molar-refractivity contribution in [2.45, 2.75) is 0 Å². The van der Waals surface area contributed by atoms with E-state index in [1.54, 1.807) is 18.3 Å². The van der Waals surface area contributed by atoms with Crippen LogP contribution in [0, 0.1) is 14.1 Å². The topological polar surface area (TPSA) is 80.7 Å². The van der Waals surface area contributed by atoms with Crippen LogP contribution in [-0.2, 0) is 0 Å². The van der Waals surface area contributed by atoms with Crippen LogP contribution in [0.3, 0.4) is 0 Å². The van der Waals surface area contributed by atoms with Crippen molar-refractivity contribution in [2.24, 2.45) is 4.99 Å². The Hall–Kier alpha value is -2.62. The Morgan fingerprint density at radius 1 is 1.26 bits per heavy atom. The molecule has 27 heavy (non-hydrogen) atoms. The number of aromatic hydroxyl groups is 1. The molecule has 0 amide bonds. The molecule has 1 aromatic heterocycles. The zero-order valence-corrected chi connectivity index (χ0v) is 16.7. The minimum absolute atomic E-state index is 0.0109. The highest BCUT2D eigenvalue weighted by Crippen LogP contribution is 2.38. The van der Waals surface area contributed by atoms with Gasteiger partial charge in [0.1, 0.15) is 0 Å². The summed E-state index contributed by atoms with van der Waals surface area (Å²) in [6.45, 7) is 0. The number of rotatable bonds is 3. The number of hydrogen-bond acceptors (Lipinski definition) is 6. The fourth-order valence-electron chi connectivity index (χ4n) is 2.74. The highest BCUT2D eigenvalue weighted by Gasteiger charge is 2.17. The van der Waals surface area contributed by atoms with E-state index >= 15 is 0 Å². The minimum atomic E-state index is -0.471. The third-order valence-electron chi connectivity index (χ3n) is 4.03. The first-order valence-corrected chi connectivity index (χ1v) is 9.71. The van der Waals surface area contributed by atoms with Gasteiger partial charge in [0.05, 0.1) is 21.2 Å². The number of benzene rings is 2. The largest absolute Gasteiger partial charge is 0.493 e. The third-order valence-corrected chi connectivity index (χ3v) is 5.83. The van der Waals surface area contributed by atoms with E-state index in [9.17, 15) is 15.2 Å². The van der Waals surface area contributed by atoms with Crippen LogP contribution in [0.5, 0.6) is 5.88 Å². The van der Waals surface area contributed by atoms with Gasteiger partial charge in [0.25, 0.3) is 5.69 Å². The zero-order chi connectivity index (χ0) is 19.1. The van der Waals surface area contributed by atoms with Crippen LogP contribution in [-0.4, -0.2) is 20.8 Å². The summed E-state index contributed by atoms with van der Waals surface area (Å²) in [5.41, 5.74) is 3.24. The Balaban J connectivity index is 1.77. The number of aromatic nitrogens is 1. The molecule has 0 saturated carbocycles. The first kappa shape index (κ1) is 17.8. The van der Waals surface area contributed by atoms with E-state index in [0.717, 1.165) is 21.3 Å². The standard InChI is InChI=1S/C18H10BrN3O3S2/c19-11-1-6-15-14(8-11)10(9-20-15)7-16-17(23)21(18(26)27-16)12-2-4-13(5-3-12)22(24)25/h1-9,23H/b10-7-. The number of nitro benzene ring substituents is 1. The molecule has 2 aromatic carbocycles. The fourth-order valence-corrected chi connectivity index (χ4v) is 4.41. The van der Waals surface area contributed by atoms with Crippen LogP contribution >= 0.6 is 39.5 Å². The van der Waals surface area contributed by atoms with Crippen molar-refractivity contribution in [2.75, 3.05) is 0 Å². The second-order valence-corrected chi connectivity index (χ2v) is 8.28. The molecule has 3 aromatic rings. The summed E-state index contributed by atoms with van der Waals surface area (Å²) in [5, 5.41) is 21.5.